The van der Waals surface area contributed by atoms with Crippen LogP contribution in [0.5, 0.6) is 0 Å². The predicted molar refractivity (Wildman–Crippen MR) is 83.4 cm³/mol. The topological polar surface area (TPSA) is 12.5 Å². The molecule has 2 heteroatoms. The minimum atomic E-state index is 0.826. The largest absolute Gasteiger partial charge is 0.380 e. The molecule has 1 rings (SSSR count). The molecule has 0 radical (unpaired) electrons. The lowest BCUT2D eigenvalue weighted by molar-refractivity contribution is 0.129. The molecule has 0 aromatic heterocycles. The Hall–Kier alpha value is -0.500. The lowest BCUT2D eigenvalue weighted by Gasteiger charge is -2.23. The van der Waals surface area contributed by atoms with Crippen molar-refractivity contribution in [3.63, 3.8) is 0 Å². The highest BCUT2D eigenvalue weighted by Crippen LogP contribution is 2.18. The molecule has 112 valence electrons. The van der Waals surface area contributed by atoms with E-state index < -0.39 is 0 Å². The van der Waals surface area contributed by atoms with Crippen LogP contribution >= 0.6 is 0 Å². The first-order valence-corrected chi connectivity index (χ1v) is 8.32. The van der Waals surface area contributed by atoms with E-state index in [4.69, 9.17) is 4.74 Å². The lowest BCUT2D eigenvalue weighted by atomic mass is 10.0. The van der Waals surface area contributed by atoms with Gasteiger partial charge >= 0.3 is 0 Å². The second kappa shape index (κ2) is 11.3. The second-order valence-corrected chi connectivity index (χ2v) is 5.68. The summed E-state index contributed by atoms with van der Waals surface area (Å²) < 4.78 is 5.46. The summed E-state index contributed by atoms with van der Waals surface area (Å²) in [5.41, 5.74) is 1.54. The molecule has 1 aliphatic rings. The molecular weight excluding hydrogens is 234 g/mol. The Morgan fingerprint density at radius 2 is 1.63 bits per heavy atom. The average molecular weight is 267 g/mol. The van der Waals surface area contributed by atoms with Crippen LogP contribution in [0.2, 0.25) is 0 Å². The van der Waals surface area contributed by atoms with Crippen LogP contribution < -0.4 is 0 Å². The molecule has 0 atom stereocenters. The minimum Gasteiger partial charge on any atom is -0.380 e. The Kier molecular flexibility index (Phi) is 9.88. The Morgan fingerprint density at radius 1 is 1.00 bits per heavy atom. The van der Waals surface area contributed by atoms with E-state index in [0.717, 1.165) is 19.8 Å². The first-order chi connectivity index (χ1) is 9.34. The zero-order valence-corrected chi connectivity index (χ0v) is 13.1. The minimum absolute atomic E-state index is 0.826. The summed E-state index contributed by atoms with van der Waals surface area (Å²) in [5.74, 6) is 0. The maximum atomic E-state index is 5.46. The van der Waals surface area contributed by atoms with Gasteiger partial charge in [0.1, 0.15) is 0 Å². The summed E-state index contributed by atoms with van der Waals surface area (Å²) >= 11 is 0. The quantitative estimate of drug-likeness (QED) is 0.666. The molecule has 0 aromatic carbocycles. The van der Waals surface area contributed by atoms with Crippen molar-refractivity contribution in [3.8, 4) is 0 Å². The molecule has 0 bridgehead atoms. The molecule has 2 nitrogen and oxygen atoms in total. The van der Waals surface area contributed by atoms with Crippen molar-refractivity contribution in [1.82, 2.24) is 4.90 Å². The van der Waals surface area contributed by atoms with Gasteiger partial charge in [0.15, 0.2) is 0 Å². The third-order valence-electron chi connectivity index (χ3n) is 4.03. The van der Waals surface area contributed by atoms with E-state index in [2.05, 4.69) is 24.9 Å². The summed E-state index contributed by atoms with van der Waals surface area (Å²) in [4.78, 5) is 2.40. The van der Waals surface area contributed by atoms with E-state index >= 15 is 0 Å². The Morgan fingerprint density at radius 3 is 2.32 bits per heavy atom. The van der Waals surface area contributed by atoms with Gasteiger partial charge in [0, 0.05) is 25.9 Å². The van der Waals surface area contributed by atoms with Crippen molar-refractivity contribution in [3.05, 3.63) is 11.8 Å². The number of rotatable bonds is 5. The highest BCUT2D eigenvalue weighted by Gasteiger charge is 2.05. The summed E-state index contributed by atoms with van der Waals surface area (Å²) in [5, 5.41) is 0. The van der Waals surface area contributed by atoms with Crippen molar-refractivity contribution in [1.29, 1.82) is 0 Å². The Balaban J connectivity index is 2.39. The monoisotopic (exact) mass is 267 g/mol. The van der Waals surface area contributed by atoms with E-state index in [-0.39, 0.29) is 0 Å². The zero-order valence-electron chi connectivity index (χ0n) is 13.1. The van der Waals surface area contributed by atoms with Gasteiger partial charge in [-0.05, 0) is 32.6 Å². The highest BCUT2D eigenvalue weighted by molar-refractivity contribution is 5.00. The molecule has 0 unspecified atom stereocenters. The third-order valence-corrected chi connectivity index (χ3v) is 4.03. The highest BCUT2D eigenvalue weighted by atomic mass is 16.5. The first kappa shape index (κ1) is 16.6. The molecule has 0 N–H and O–H groups in total. The molecule has 0 aliphatic heterocycles. The van der Waals surface area contributed by atoms with Gasteiger partial charge in [0.05, 0.1) is 6.61 Å². The van der Waals surface area contributed by atoms with E-state index in [1.807, 2.05) is 0 Å². The molecule has 0 saturated carbocycles. The van der Waals surface area contributed by atoms with Crippen LogP contribution in [-0.2, 0) is 4.74 Å². The lowest BCUT2D eigenvalue weighted by Crippen LogP contribution is -2.23. The Labute approximate surface area is 120 Å². The number of allylic oxidation sites excluding steroid dienone is 2. The SMILES string of the molecule is CCOCCN(C)/C1=C\CCCCCCCCCC1. The third kappa shape index (κ3) is 8.30. The maximum absolute atomic E-state index is 5.46. The molecule has 1 aliphatic carbocycles. The van der Waals surface area contributed by atoms with Crippen LogP contribution in [0.15, 0.2) is 11.8 Å². The first-order valence-electron chi connectivity index (χ1n) is 8.32. The van der Waals surface area contributed by atoms with Gasteiger partial charge in [-0.25, -0.2) is 0 Å². The van der Waals surface area contributed by atoms with Gasteiger partial charge in [-0.3, -0.25) is 0 Å². The Bertz CT molecular complexity index is 237. The van der Waals surface area contributed by atoms with Gasteiger partial charge in [-0.1, -0.05) is 44.6 Å². The summed E-state index contributed by atoms with van der Waals surface area (Å²) in [6.07, 6.45) is 16.3. The van der Waals surface area contributed by atoms with Gasteiger partial charge in [-0.15, -0.1) is 0 Å². The fourth-order valence-electron chi connectivity index (χ4n) is 2.72. The van der Waals surface area contributed by atoms with E-state index in [1.165, 1.54) is 64.2 Å². The smallest absolute Gasteiger partial charge is 0.0641 e. The molecule has 0 amide bonds. The summed E-state index contributed by atoms with van der Waals surface area (Å²) in [6.45, 7) is 4.77. The molecule has 19 heavy (non-hydrogen) atoms. The standard InChI is InChI=1S/C17H33NO/c1-3-19-16-15-18(2)17-13-11-9-7-5-4-6-8-10-12-14-17/h13H,3-12,14-16H2,1-2H3/b17-13-. The predicted octanol–water partition coefficient (Wildman–Crippen LogP) is 4.75. The number of nitrogens with zero attached hydrogens (tertiary/aromatic N) is 1. The van der Waals surface area contributed by atoms with Crippen LogP contribution in [0.4, 0.5) is 0 Å². The van der Waals surface area contributed by atoms with Gasteiger partial charge in [0.2, 0.25) is 0 Å². The van der Waals surface area contributed by atoms with E-state index in [1.54, 1.807) is 5.70 Å². The molecule has 0 aromatic rings. The fraction of sp³-hybridized carbons (Fsp3) is 0.882. The zero-order chi connectivity index (χ0) is 13.8. The van der Waals surface area contributed by atoms with Crippen molar-refractivity contribution in [2.24, 2.45) is 0 Å². The second-order valence-electron chi connectivity index (χ2n) is 5.68. The van der Waals surface area contributed by atoms with Crippen LogP contribution in [0.1, 0.15) is 71.1 Å². The van der Waals surface area contributed by atoms with Crippen molar-refractivity contribution >= 4 is 0 Å². The molecule has 0 spiro atoms. The maximum Gasteiger partial charge on any atom is 0.0641 e. The van der Waals surface area contributed by atoms with Gasteiger partial charge in [-0.2, -0.15) is 0 Å². The number of hydrogen-bond donors (Lipinski definition) is 0. The number of hydrogen-bond acceptors (Lipinski definition) is 2. The van der Waals surface area contributed by atoms with Crippen LogP contribution in [-0.4, -0.2) is 31.7 Å². The normalized spacial score (nSPS) is 21.9. The summed E-state index contributed by atoms with van der Waals surface area (Å²) in [7, 11) is 2.22. The average Bonchev–Trinajstić information content (AvgIpc) is 2.39. The van der Waals surface area contributed by atoms with Gasteiger partial charge < -0.3 is 9.64 Å². The fourth-order valence-corrected chi connectivity index (χ4v) is 2.72. The van der Waals surface area contributed by atoms with Gasteiger partial charge in [0.25, 0.3) is 0 Å². The molecule has 0 heterocycles. The van der Waals surface area contributed by atoms with Crippen molar-refractivity contribution < 1.29 is 4.74 Å². The number of likely N-dealkylation sites (N-methyl/N-ethyl adjacent to an activating group) is 1. The van der Waals surface area contributed by atoms with Crippen molar-refractivity contribution in [2.75, 3.05) is 26.8 Å². The van der Waals surface area contributed by atoms with E-state index in [9.17, 15) is 0 Å². The molecule has 0 saturated heterocycles. The summed E-state index contributed by atoms with van der Waals surface area (Å²) in [6, 6.07) is 0. The van der Waals surface area contributed by atoms with Crippen LogP contribution in [0.25, 0.3) is 0 Å². The number of ether oxygens (including phenoxy) is 1. The molecule has 0 fully saturated rings. The van der Waals surface area contributed by atoms with Crippen molar-refractivity contribution in [2.45, 2.75) is 71.1 Å². The van der Waals surface area contributed by atoms with Crippen LogP contribution in [0.3, 0.4) is 0 Å². The molecular formula is C17H33NO. The van der Waals surface area contributed by atoms with Crippen LogP contribution in [0, 0.1) is 0 Å². The van der Waals surface area contributed by atoms with E-state index in [0.29, 0.717) is 0 Å².